The average molecular weight is 378 g/mol. The topological polar surface area (TPSA) is 63.5 Å². The molecule has 1 amide bonds. The quantitative estimate of drug-likeness (QED) is 0.488. The Kier molecular flexibility index (Phi) is 4.49. The predicted molar refractivity (Wildman–Crippen MR) is 105 cm³/mol. The van der Waals surface area contributed by atoms with Gasteiger partial charge in [-0.3, -0.25) is 14.9 Å². The molecule has 0 saturated heterocycles. The summed E-state index contributed by atoms with van der Waals surface area (Å²) in [6, 6.07) is 16.6. The van der Waals surface area contributed by atoms with Crippen LogP contribution in [0.15, 0.2) is 60.0 Å². The van der Waals surface area contributed by atoms with Crippen molar-refractivity contribution >= 4 is 22.9 Å². The van der Waals surface area contributed by atoms with Crippen molar-refractivity contribution in [1.29, 1.82) is 0 Å². The summed E-state index contributed by atoms with van der Waals surface area (Å²) in [6.07, 6.45) is 0.827. The highest BCUT2D eigenvalue weighted by Crippen LogP contribution is 2.38. The van der Waals surface area contributed by atoms with E-state index in [4.69, 9.17) is 0 Å². The zero-order valence-electron chi connectivity index (χ0n) is 14.8. The summed E-state index contributed by atoms with van der Waals surface area (Å²) in [7, 11) is 0. The lowest BCUT2D eigenvalue weighted by molar-refractivity contribution is -0.385. The summed E-state index contributed by atoms with van der Waals surface area (Å²) < 4.78 is 0. The molecule has 0 unspecified atom stereocenters. The molecule has 0 aliphatic carbocycles. The van der Waals surface area contributed by atoms with Gasteiger partial charge < -0.3 is 4.90 Å². The van der Waals surface area contributed by atoms with Crippen molar-refractivity contribution in [2.45, 2.75) is 19.4 Å². The summed E-state index contributed by atoms with van der Waals surface area (Å²) in [4.78, 5) is 27.1. The number of nitrogens with zero attached hydrogens (tertiary/aromatic N) is 2. The molecular formula is C21H18N2O3S. The van der Waals surface area contributed by atoms with Crippen LogP contribution in [-0.2, 0) is 6.42 Å². The molecule has 2 aromatic carbocycles. The molecule has 4 rings (SSSR count). The minimum absolute atomic E-state index is 0.0323. The van der Waals surface area contributed by atoms with Crippen LogP contribution >= 0.6 is 11.3 Å². The van der Waals surface area contributed by atoms with Crippen molar-refractivity contribution < 1.29 is 9.72 Å². The number of rotatable bonds is 3. The van der Waals surface area contributed by atoms with Gasteiger partial charge in [-0.2, -0.15) is 0 Å². The van der Waals surface area contributed by atoms with Gasteiger partial charge in [-0.05, 0) is 48.1 Å². The van der Waals surface area contributed by atoms with E-state index in [9.17, 15) is 14.9 Å². The van der Waals surface area contributed by atoms with Crippen molar-refractivity contribution in [1.82, 2.24) is 4.90 Å². The highest BCUT2D eigenvalue weighted by atomic mass is 32.1. The minimum atomic E-state index is -0.422. The largest absolute Gasteiger partial charge is 0.327 e. The normalized spacial score (nSPS) is 16.0. The van der Waals surface area contributed by atoms with Gasteiger partial charge in [0.2, 0.25) is 0 Å². The van der Waals surface area contributed by atoms with Crippen LogP contribution in [0.1, 0.15) is 38.0 Å². The molecule has 1 aromatic heterocycles. The molecule has 0 radical (unpaired) electrons. The van der Waals surface area contributed by atoms with Crippen molar-refractivity contribution in [3.8, 4) is 0 Å². The number of fused-ring (bicyclic) bond motifs is 1. The Balaban J connectivity index is 1.74. The zero-order valence-corrected chi connectivity index (χ0v) is 15.6. The van der Waals surface area contributed by atoms with Crippen LogP contribution in [0.4, 0.5) is 5.69 Å². The lowest BCUT2D eigenvalue weighted by Gasteiger charge is -2.36. The van der Waals surface area contributed by atoms with Gasteiger partial charge in [-0.25, -0.2) is 0 Å². The maximum atomic E-state index is 13.3. The molecule has 1 atom stereocenters. The second-order valence-electron chi connectivity index (χ2n) is 6.62. The number of carbonyl (C=O) groups excluding carboxylic acids is 1. The van der Waals surface area contributed by atoms with E-state index in [0.717, 1.165) is 12.0 Å². The Morgan fingerprint density at radius 2 is 1.96 bits per heavy atom. The third-order valence-corrected chi connectivity index (χ3v) is 5.98. The van der Waals surface area contributed by atoms with Gasteiger partial charge in [0, 0.05) is 28.6 Å². The molecule has 5 nitrogen and oxygen atoms in total. The molecule has 0 fully saturated rings. The zero-order chi connectivity index (χ0) is 19.0. The third-order valence-electron chi connectivity index (χ3n) is 4.98. The van der Waals surface area contributed by atoms with Crippen LogP contribution in [0.25, 0.3) is 0 Å². The molecule has 0 saturated carbocycles. The summed E-state index contributed by atoms with van der Waals surface area (Å²) in [5.74, 6) is -0.0984. The number of aryl methyl sites for hydroxylation is 1. The molecule has 0 spiro atoms. The van der Waals surface area contributed by atoms with E-state index < -0.39 is 4.92 Å². The molecule has 1 aliphatic rings. The number of thiophene rings is 1. The van der Waals surface area contributed by atoms with Crippen LogP contribution in [0.3, 0.4) is 0 Å². The Morgan fingerprint density at radius 3 is 2.67 bits per heavy atom. The first kappa shape index (κ1) is 17.4. The molecule has 6 heteroatoms. The molecule has 3 aromatic rings. The molecule has 2 heterocycles. The van der Waals surface area contributed by atoms with E-state index in [1.54, 1.807) is 30.4 Å². The number of hydrogen-bond donors (Lipinski definition) is 0. The smallest absolute Gasteiger partial charge is 0.272 e. The van der Waals surface area contributed by atoms with Crippen molar-refractivity contribution in [2.75, 3.05) is 6.54 Å². The molecular weight excluding hydrogens is 360 g/mol. The van der Waals surface area contributed by atoms with E-state index in [-0.39, 0.29) is 17.6 Å². The van der Waals surface area contributed by atoms with Gasteiger partial charge in [-0.15, -0.1) is 11.3 Å². The summed E-state index contributed by atoms with van der Waals surface area (Å²) >= 11 is 1.73. The second kappa shape index (κ2) is 6.96. The van der Waals surface area contributed by atoms with Gasteiger partial charge in [0.15, 0.2) is 0 Å². The molecule has 0 N–H and O–H groups in total. The summed E-state index contributed by atoms with van der Waals surface area (Å²) in [6.45, 7) is 2.29. The van der Waals surface area contributed by atoms with E-state index in [1.165, 1.54) is 16.5 Å². The van der Waals surface area contributed by atoms with Gasteiger partial charge in [0.05, 0.1) is 11.0 Å². The van der Waals surface area contributed by atoms with Gasteiger partial charge in [0.1, 0.15) is 0 Å². The number of carbonyl (C=O) groups is 1. The summed E-state index contributed by atoms with van der Waals surface area (Å²) in [5.41, 5.74) is 3.26. The van der Waals surface area contributed by atoms with E-state index in [2.05, 4.69) is 11.4 Å². The lowest BCUT2D eigenvalue weighted by atomic mass is 9.92. The summed E-state index contributed by atoms with van der Waals surface area (Å²) in [5, 5.41) is 13.1. The van der Waals surface area contributed by atoms with Gasteiger partial charge >= 0.3 is 0 Å². The Morgan fingerprint density at radius 1 is 1.19 bits per heavy atom. The standard InChI is InChI=1S/C21H18N2O3S/c1-14-13-16(7-8-18(14)23(25)26)21(24)22-11-9-19-17(10-12-27-19)20(22)15-5-3-2-4-6-15/h2-8,10,12-13,20H,9,11H2,1H3/t20-/m1/s1. The fraction of sp³-hybridized carbons (Fsp3) is 0.190. The van der Waals surface area contributed by atoms with Crippen molar-refractivity contribution in [3.05, 3.63) is 97.2 Å². The third kappa shape index (κ3) is 3.13. The SMILES string of the molecule is Cc1cc(C(=O)N2CCc3sccc3[C@H]2c2ccccc2)ccc1[N+](=O)[O-]. The molecule has 0 bridgehead atoms. The van der Waals surface area contributed by atoms with Crippen molar-refractivity contribution in [2.24, 2.45) is 0 Å². The average Bonchev–Trinajstić information content (AvgIpc) is 3.15. The van der Waals surface area contributed by atoms with Gasteiger partial charge in [-0.1, -0.05) is 30.3 Å². The van der Waals surface area contributed by atoms with E-state index in [0.29, 0.717) is 17.7 Å². The predicted octanol–water partition coefficient (Wildman–Crippen LogP) is 4.75. The lowest BCUT2D eigenvalue weighted by Crippen LogP contribution is -2.40. The molecule has 136 valence electrons. The van der Waals surface area contributed by atoms with Crippen LogP contribution in [0.2, 0.25) is 0 Å². The van der Waals surface area contributed by atoms with Crippen LogP contribution < -0.4 is 0 Å². The Bertz CT molecular complexity index is 1010. The molecule has 27 heavy (non-hydrogen) atoms. The van der Waals surface area contributed by atoms with E-state index >= 15 is 0 Å². The number of nitro benzene ring substituents is 1. The number of benzene rings is 2. The first-order valence-corrected chi connectivity index (χ1v) is 9.61. The van der Waals surface area contributed by atoms with Crippen LogP contribution in [0, 0.1) is 17.0 Å². The number of amides is 1. The highest BCUT2D eigenvalue weighted by Gasteiger charge is 2.33. The molecule has 1 aliphatic heterocycles. The first-order valence-electron chi connectivity index (χ1n) is 8.73. The van der Waals surface area contributed by atoms with Crippen LogP contribution in [-0.4, -0.2) is 22.3 Å². The maximum Gasteiger partial charge on any atom is 0.272 e. The monoisotopic (exact) mass is 378 g/mol. The Hall–Kier alpha value is -2.99. The fourth-order valence-corrected chi connectivity index (χ4v) is 4.59. The van der Waals surface area contributed by atoms with Crippen LogP contribution in [0.5, 0.6) is 0 Å². The van der Waals surface area contributed by atoms with Gasteiger partial charge in [0.25, 0.3) is 11.6 Å². The van der Waals surface area contributed by atoms with E-state index in [1.807, 2.05) is 35.2 Å². The second-order valence-corrected chi connectivity index (χ2v) is 7.62. The fourth-order valence-electron chi connectivity index (χ4n) is 3.69. The maximum absolute atomic E-state index is 13.3. The highest BCUT2D eigenvalue weighted by molar-refractivity contribution is 7.10. The van der Waals surface area contributed by atoms with Crippen molar-refractivity contribution in [3.63, 3.8) is 0 Å². The Labute approximate surface area is 161 Å². The number of nitro groups is 1. The first-order chi connectivity index (χ1) is 13.1. The number of hydrogen-bond acceptors (Lipinski definition) is 4. The minimum Gasteiger partial charge on any atom is -0.327 e.